The number of carbonyl (C=O) groups excluding carboxylic acids is 1. The molecule has 2 heterocycles. The van der Waals surface area contributed by atoms with Crippen molar-refractivity contribution >= 4 is 28.9 Å². The Bertz CT molecular complexity index is 650. The summed E-state index contributed by atoms with van der Waals surface area (Å²) in [6, 6.07) is 6.18. The number of piperidine rings is 1. The van der Waals surface area contributed by atoms with Crippen LogP contribution in [0.25, 0.3) is 0 Å². The highest BCUT2D eigenvalue weighted by molar-refractivity contribution is 7.80. The number of amides is 1. The molecule has 1 aromatic carbocycles. The molecule has 5 nitrogen and oxygen atoms in total. The van der Waals surface area contributed by atoms with Crippen LogP contribution < -0.4 is 5.32 Å². The van der Waals surface area contributed by atoms with Gasteiger partial charge in [0.2, 0.25) is 5.91 Å². The topological polar surface area (TPSA) is 38.8 Å². The number of hydrogen-bond donors (Lipinski definition) is 1. The van der Waals surface area contributed by atoms with Crippen LogP contribution in [0.5, 0.6) is 0 Å². The monoisotopic (exact) mass is 392 g/mol. The lowest BCUT2D eigenvalue weighted by Crippen LogP contribution is -2.53. The number of benzene rings is 1. The minimum atomic E-state index is -0.262. The van der Waals surface area contributed by atoms with Gasteiger partial charge in [-0.15, -0.1) is 0 Å². The Kier molecular flexibility index (Phi) is 6.65. The molecule has 3 rings (SSSR count). The molecule has 0 spiro atoms. The number of carbonyl (C=O) groups is 1. The van der Waals surface area contributed by atoms with Crippen LogP contribution in [0.3, 0.4) is 0 Å². The maximum absolute atomic E-state index is 13.0. The summed E-state index contributed by atoms with van der Waals surface area (Å²) >= 11 is 5.47. The summed E-state index contributed by atoms with van der Waals surface area (Å²) in [7, 11) is 0. The average molecular weight is 393 g/mol. The second kappa shape index (κ2) is 8.97. The molecule has 2 saturated heterocycles. The lowest BCUT2D eigenvalue weighted by Gasteiger charge is -2.39. The summed E-state index contributed by atoms with van der Waals surface area (Å²) in [6.45, 7) is 9.91. The standard InChI is InChI=1S/C20H29FN4OS/c1-15-11-16(2)13-25(12-15)19(26)14-23-7-9-24(10-8-23)20(27)22-18-5-3-17(21)4-6-18/h3-6,15-16H,7-14H2,1-2H3,(H,22,27)/t15-,16+. The van der Waals surface area contributed by atoms with Crippen molar-refractivity contribution in [3.05, 3.63) is 30.1 Å². The number of hydrogen-bond acceptors (Lipinski definition) is 3. The van der Waals surface area contributed by atoms with Crippen molar-refractivity contribution in [2.24, 2.45) is 11.8 Å². The fourth-order valence-corrected chi connectivity index (χ4v) is 4.30. The van der Waals surface area contributed by atoms with Crippen molar-refractivity contribution in [3.8, 4) is 0 Å². The van der Waals surface area contributed by atoms with E-state index in [0.29, 0.717) is 23.5 Å². The van der Waals surface area contributed by atoms with E-state index in [-0.39, 0.29) is 11.7 Å². The first-order chi connectivity index (χ1) is 12.9. The Morgan fingerprint density at radius 3 is 2.26 bits per heavy atom. The Hall–Kier alpha value is -1.73. The third-order valence-corrected chi connectivity index (χ3v) is 5.70. The zero-order valence-corrected chi connectivity index (χ0v) is 17.0. The molecule has 1 amide bonds. The van der Waals surface area contributed by atoms with Crippen LogP contribution in [0.4, 0.5) is 10.1 Å². The van der Waals surface area contributed by atoms with Crippen LogP contribution in [-0.2, 0) is 4.79 Å². The van der Waals surface area contributed by atoms with E-state index in [9.17, 15) is 9.18 Å². The zero-order valence-electron chi connectivity index (χ0n) is 16.2. The minimum Gasteiger partial charge on any atom is -0.346 e. The quantitative estimate of drug-likeness (QED) is 0.801. The number of nitrogens with zero attached hydrogens (tertiary/aromatic N) is 3. The van der Waals surface area contributed by atoms with Crippen molar-refractivity contribution in [1.82, 2.24) is 14.7 Å². The van der Waals surface area contributed by atoms with E-state index in [0.717, 1.165) is 45.0 Å². The van der Waals surface area contributed by atoms with Gasteiger partial charge in [0.05, 0.1) is 6.54 Å². The van der Waals surface area contributed by atoms with Crippen LogP contribution in [0, 0.1) is 17.7 Å². The van der Waals surface area contributed by atoms with Crippen LogP contribution in [0.2, 0.25) is 0 Å². The Morgan fingerprint density at radius 1 is 1.07 bits per heavy atom. The van der Waals surface area contributed by atoms with Crippen LogP contribution in [0.1, 0.15) is 20.3 Å². The molecule has 0 radical (unpaired) electrons. The summed E-state index contributed by atoms with van der Waals surface area (Å²) < 4.78 is 13.0. The molecule has 7 heteroatoms. The molecule has 2 aliphatic rings. The van der Waals surface area contributed by atoms with Crippen molar-refractivity contribution in [2.45, 2.75) is 20.3 Å². The molecule has 0 aromatic heterocycles. The molecule has 1 aromatic rings. The number of thiocarbonyl (C=S) groups is 1. The normalized spacial score (nSPS) is 24.0. The maximum atomic E-state index is 13.0. The van der Waals surface area contributed by atoms with E-state index in [4.69, 9.17) is 12.2 Å². The Labute approximate surface area is 166 Å². The summed E-state index contributed by atoms with van der Waals surface area (Å²) in [4.78, 5) is 19.0. The smallest absolute Gasteiger partial charge is 0.236 e. The maximum Gasteiger partial charge on any atom is 0.236 e. The molecular formula is C20H29FN4OS. The largest absolute Gasteiger partial charge is 0.346 e. The van der Waals surface area contributed by atoms with Crippen LogP contribution in [-0.4, -0.2) is 71.5 Å². The van der Waals surface area contributed by atoms with Gasteiger partial charge in [0.1, 0.15) is 5.82 Å². The second-order valence-corrected chi connectivity index (χ2v) is 8.33. The zero-order chi connectivity index (χ0) is 19.4. The van der Waals surface area contributed by atoms with Crippen molar-refractivity contribution < 1.29 is 9.18 Å². The summed E-state index contributed by atoms with van der Waals surface area (Å²) in [5.41, 5.74) is 0.785. The van der Waals surface area contributed by atoms with Crippen molar-refractivity contribution in [3.63, 3.8) is 0 Å². The Balaban J connectivity index is 1.43. The SMILES string of the molecule is C[C@@H]1C[C@H](C)CN(C(=O)CN2CCN(C(=S)Nc3ccc(F)cc3)CC2)C1. The number of piperazine rings is 1. The average Bonchev–Trinajstić information content (AvgIpc) is 2.63. The molecule has 2 fully saturated rings. The van der Waals surface area contributed by atoms with Gasteiger partial charge in [0, 0.05) is 45.0 Å². The third-order valence-electron chi connectivity index (χ3n) is 5.34. The van der Waals surface area contributed by atoms with Crippen LogP contribution >= 0.6 is 12.2 Å². The molecule has 2 atom stereocenters. The van der Waals surface area contributed by atoms with Crippen molar-refractivity contribution in [1.29, 1.82) is 0 Å². The number of anilines is 1. The fraction of sp³-hybridized carbons (Fsp3) is 0.600. The first-order valence-electron chi connectivity index (χ1n) is 9.72. The predicted octanol–water partition coefficient (Wildman–Crippen LogP) is 2.64. The lowest BCUT2D eigenvalue weighted by molar-refractivity contribution is -0.135. The molecule has 1 N–H and O–H groups in total. The van der Waals surface area contributed by atoms with E-state index in [1.165, 1.54) is 18.6 Å². The van der Waals surface area contributed by atoms with E-state index in [1.54, 1.807) is 12.1 Å². The van der Waals surface area contributed by atoms with E-state index in [2.05, 4.69) is 29.0 Å². The molecule has 0 bridgehead atoms. The van der Waals surface area contributed by atoms with E-state index >= 15 is 0 Å². The molecule has 2 aliphatic heterocycles. The molecule has 148 valence electrons. The number of nitrogens with one attached hydrogen (secondary N) is 1. The van der Waals surface area contributed by atoms with Gasteiger partial charge in [-0.2, -0.15) is 0 Å². The molecule has 0 aliphatic carbocycles. The van der Waals surface area contributed by atoms with E-state index in [1.807, 2.05) is 4.90 Å². The highest BCUT2D eigenvalue weighted by Crippen LogP contribution is 2.21. The van der Waals surface area contributed by atoms with Gasteiger partial charge in [0.15, 0.2) is 5.11 Å². The summed E-state index contributed by atoms with van der Waals surface area (Å²) in [5.74, 6) is 1.16. The van der Waals surface area contributed by atoms with Crippen molar-refractivity contribution in [2.75, 3.05) is 51.1 Å². The number of halogens is 1. The fourth-order valence-electron chi connectivity index (χ4n) is 4.00. The second-order valence-electron chi connectivity index (χ2n) is 7.95. The molecule has 0 saturated carbocycles. The number of rotatable bonds is 3. The minimum absolute atomic E-state index is 0.244. The predicted molar refractivity (Wildman–Crippen MR) is 110 cm³/mol. The van der Waals surface area contributed by atoms with Gasteiger partial charge in [0.25, 0.3) is 0 Å². The number of likely N-dealkylation sites (tertiary alicyclic amines) is 1. The highest BCUT2D eigenvalue weighted by atomic mass is 32.1. The first-order valence-corrected chi connectivity index (χ1v) is 10.1. The molecule has 0 unspecified atom stereocenters. The van der Waals surface area contributed by atoms with Gasteiger partial charge >= 0.3 is 0 Å². The highest BCUT2D eigenvalue weighted by Gasteiger charge is 2.27. The lowest BCUT2D eigenvalue weighted by atomic mass is 9.92. The van der Waals surface area contributed by atoms with Gasteiger partial charge in [-0.1, -0.05) is 13.8 Å². The molecule has 27 heavy (non-hydrogen) atoms. The third kappa shape index (κ3) is 5.62. The summed E-state index contributed by atoms with van der Waals surface area (Å²) in [5, 5.41) is 3.80. The van der Waals surface area contributed by atoms with Gasteiger partial charge in [-0.3, -0.25) is 9.69 Å². The Morgan fingerprint density at radius 2 is 1.67 bits per heavy atom. The summed E-state index contributed by atoms with van der Waals surface area (Å²) in [6.07, 6.45) is 1.21. The van der Waals surface area contributed by atoms with Gasteiger partial charge in [-0.05, 0) is 54.7 Å². The van der Waals surface area contributed by atoms with Crippen LogP contribution in [0.15, 0.2) is 24.3 Å². The van der Waals surface area contributed by atoms with E-state index < -0.39 is 0 Å². The van der Waals surface area contributed by atoms with Gasteiger partial charge < -0.3 is 15.1 Å². The van der Waals surface area contributed by atoms with Gasteiger partial charge in [-0.25, -0.2) is 4.39 Å². The first kappa shape index (κ1) is 20.0. The molecular weight excluding hydrogens is 363 g/mol.